The first-order valence-electron chi connectivity index (χ1n) is 3.91. The Morgan fingerprint density at radius 1 is 1.69 bits per heavy atom. The van der Waals surface area contributed by atoms with Crippen LogP contribution in [0.5, 0.6) is 0 Å². The van der Waals surface area contributed by atoms with E-state index >= 15 is 0 Å². The molecule has 1 N–H and O–H groups in total. The first kappa shape index (κ1) is 10.2. The van der Waals surface area contributed by atoms with Crippen molar-refractivity contribution in [2.45, 2.75) is 32.7 Å². The van der Waals surface area contributed by atoms with Crippen molar-refractivity contribution in [2.24, 2.45) is 5.11 Å². The molecule has 0 radical (unpaired) electrons. The van der Waals surface area contributed by atoms with E-state index in [4.69, 9.17) is 9.57 Å². The van der Waals surface area contributed by atoms with Gasteiger partial charge in [0.15, 0.2) is 6.79 Å². The Morgan fingerprint density at radius 3 is 2.69 bits per heavy atom. The average molecular weight is 191 g/mol. The van der Waals surface area contributed by atoms with Gasteiger partial charge < -0.3 is 10.3 Å². The van der Waals surface area contributed by atoms with E-state index in [1.54, 1.807) is 13.8 Å². The van der Waals surface area contributed by atoms with Crippen LogP contribution in [0.2, 0.25) is 0 Å². The third-order valence-electron chi connectivity index (χ3n) is 1.35. The van der Waals surface area contributed by atoms with Gasteiger partial charge in [0.2, 0.25) is 0 Å². The molecule has 13 heavy (non-hydrogen) atoms. The number of hydrogen-bond donors (Lipinski definition) is 1. The number of nitrogens with zero attached hydrogens (tertiary/aromatic N) is 3. The van der Waals surface area contributed by atoms with Gasteiger partial charge in [0.05, 0.1) is 10.1 Å². The van der Waals surface area contributed by atoms with Gasteiger partial charge in [0.1, 0.15) is 6.04 Å². The molecule has 0 spiro atoms. The normalized spacial score (nSPS) is 30.2. The van der Waals surface area contributed by atoms with Crippen LogP contribution in [0.3, 0.4) is 0 Å². The Bertz CT molecular complexity index is 216. The first-order valence-corrected chi connectivity index (χ1v) is 3.91. The molecular formula is C6H13N3O4. The van der Waals surface area contributed by atoms with E-state index < -0.39 is 5.91 Å². The van der Waals surface area contributed by atoms with E-state index in [9.17, 15) is 10.3 Å². The highest BCUT2D eigenvalue weighted by Crippen LogP contribution is 2.20. The van der Waals surface area contributed by atoms with Gasteiger partial charge in [0, 0.05) is 12.0 Å². The molecule has 0 bridgehead atoms. The van der Waals surface area contributed by atoms with E-state index in [0.717, 1.165) is 0 Å². The Kier molecular flexibility index (Phi) is 2.69. The zero-order valence-corrected chi connectivity index (χ0v) is 7.80. The summed E-state index contributed by atoms with van der Waals surface area (Å²) in [6, 6.07) is -0.183. The molecule has 1 heterocycles. The molecular weight excluding hydrogens is 178 g/mol. The van der Waals surface area contributed by atoms with Crippen LogP contribution < -0.4 is 0 Å². The lowest BCUT2D eigenvalue weighted by Gasteiger charge is -2.20. The first-order chi connectivity index (χ1) is 5.93. The molecule has 7 heteroatoms. The van der Waals surface area contributed by atoms with E-state index in [1.165, 1.54) is 6.92 Å². The molecule has 0 aliphatic carbocycles. The third kappa shape index (κ3) is 2.27. The zero-order chi connectivity index (χ0) is 10.1. The summed E-state index contributed by atoms with van der Waals surface area (Å²) in [5.41, 5.74) is 0. The number of hydroxylamine groups is 1. The Hall–Kier alpha value is -0.920. The standard InChI is InChI=1S/C6H13N3O4/c1-5(2)7-9(11)8-6(3,10)12-4-13-8/h5,10H,4H2,1-3H3. The van der Waals surface area contributed by atoms with Crippen molar-refractivity contribution in [3.63, 3.8) is 0 Å². The second kappa shape index (κ2) is 3.44. The zero-order valence-electron chi connectivity index (χ0n) is 7.80. The lowest BCUT2D eigenvalue weighted by molar-refractivity contribution is -0.788. The predicted molar refractivity (Wildman–Crippen MR) is 40.7 cm³/mol. The third-order valence-corrected chi connectivity index (χ3v) is 1.35. The summed E-state index contributed by atoms with van der Waals surface area (Å²) in [5, 5.41) is 24.8. The highest BCUT2D eigenvalue weighted by Gasteiger charge is 2.45. The monoisotopic (exact) mass is 191 g/mol. The minimum Gasteiger partial charge on any atom is -0.570 e. The van der Waals surface area contributed by atoms with Crippen molar-refractivity contribution in [2.75, 3.05) is 6.79 Å². The van der Waals surface area contributed by atoms with Crippen LogP contribution in [0.15, 0.2) is 5.11 Å². The number of aliphatic hydroxyl groups is 1. The molecule has 0 aromatic heterocycles. The molecule has 1 unspecified atom stereocenters. The summed E-state index contributed by atoms with van der Waals surface area (Å²) >= 11 is 0. The SMILES string of the molecule is CC(C)N=[N+]([O-])N1OCOC1(C)O. The van der Waals surface area contributed by atoms with Crippen LogP contribution >= 0.6 is 0 Å². The predicted octanol–water partition coefficient (Wildman–Crippen LogP) is 0.160. The fourth-order valence-corrected chi connectivity index (χ4v) is 0.815. The second-order valence-electron chi connectivity index (χ2n) is 3.06. The lowest BCUT2D eigenvalue weighted by atomic mass is 10.4. The molecule has 0 amide bonds. The fraction of sp³-hybridized carbons (Fsp3) is 1.00. The average Bonchev–Trinajstić information content (AvgIpc) is 2.27. The van der Waals surface area contributed by atoms with Crippen LogP contribution in [0, 0.1) is 5.21 Å². The Morgan fingerprint density at radius 2 is 2.31 bits per heavy atom. The van der Waals surface area contributed by atoms with Crippen LogP contribution in [0.25, 0.3) is 0 Å². The molecule has 1 aliphatic heterocycles. The van der Waals surface area contributed by atoms with Crippen molar-refractivity contribution in [3.8, 4) is 0 Å². The summed E-state index contributed by atoms with van der Waals surface area (Å²) < 4.78 is 4.71. The molecule has 0 saturated carbocycles. The van der Waals surface area contributed by atoms with Crippen molar-refractivity contribution in [1.29, 1.82) is 0 Å². The van der Waals surface area contributed by atoms with E-state index in [2.05, 4.69) is 5.11 Å². The van der Waals surface area contributed by atoms with Gasteiger partial charge >= 0.3 is 5.91 Å². The maximum absolute atomic E-state index is 11.2. The fourth-order valence-electron chi connectivity index (χ4n) is 0.815. The van der Waals surface area contributed by atoms with Crippen LogP contribution in [-0.2, 0) is 9.57 Å². The molecule has 7 nitrogen and oxygen atoms in total. The van der Waals surface area contributed by atoms with Gasteiger partial charge in [-0.05, 0) is 13.8 Å². The van der Waals surface area contributed by atoms with Gasteiger partial charge in [-0.2, -0.15) is 4.84 Å². The molecule has 1 fully saturated rings. The van der Waals surface area contributed by atoms with E-state index in [-0.39, 0.29) is 17.8 Å². The lowest BCUT2D eigenvalue weighted by Crippen LogP contribution is -2.45. The molecule has 1 saturated heterocycles. The van der Waals surface area contributed by atoms with Crippen LogP contribution in [0.4, 0.5) is 0 Å². The van der Waals surface area contributed by atoms with E-state index in [1.807, 2.05) is 0 Å². The summed E-state index contributed by atoms with van der Waals surface area (Å²) in [4.78, 5) is 4.89. The number of hydrogen-bond acceptors (Lipinski definition) is 5. The molecule has 1 aliphatic rings. The molecule has 1 atom stereocenters. The van der Waals surface area contributed by atoms with Gasteiger partial charge in [-0.15, -0.1) is 0 Å². The number of hydrazine groups is 1. The highest BCUT2D eigenvalue weighted by atomic mass is 16.9. The van der Waals surface area contributed by atoms with Gasteiger partial charge in [0.25, 0.3) is 0 Å². The minimum absolute atomic E-state index is 0.167. The Balaban J connectivity index is 2.71. The molecule has 0 aromatic carbocycles. The van der Waals surface area contributed by atoms with Gasteiger partial charge in [-0.25, -0.2) is 0 Å². The van der Waals surface area contributed by atoms with Crippen molar-refractivity contribution >= 4 is 0 Å². The topological polar surface area (TPSA) is 80.4 Å². The molecule has 76 valence electrons. The molecule has 1 rings (SSSR count). The minimum atomic E-state index is -1.75. The summed E-state index contributed by atoms with van der Waals surface area (Å²) in [7, 11) is 0. The number of rotatable bonds is 2. The van der Waals surface area contributed by atoms with Crippen LogP contribution in [-0.4, -0.2) is 34.0 Å². The second-order valence-corrected chi connectivity index (χ2v) is 3.06. The highest BCUT2D eigenvalue weighted by molar-refractivity contribution is 4.49. The maximum atomic E-state index is 11.2. The van der Waals surface area contributed by atoms with Gasteiger partial charge in [-0.3, -0.25) is 4.74 Å². The smallest absolute Gasteiger partial charge is 0.331 e. The Labute approximate surface area is 75.7 Å². The summed E-state index contributed by atoms with van der Waals surface area (Å²) in [5.74, 6) is -1.75. The molecule has 0 aromatic rings. The van der Waals surface area contributed by atoms with Crippen molar-refractivity contribution in [1.82, 2.24) is 5.17 Å². The van der Waals surface area contributed by atoms with Crippen LogP contribution in [0.1, 0.15) is 20.8 Å². The van der Waals surface area contributed by atoms with Crippen molar-refractivity contribution < 1.29 is 19.7 Å². The van der Waals surface area contributed by atoms with E-state index in [0.29, 0.717) is 5.17 Å². The summed E-state index contributed by atoms with van der Waals surface area (Å²) in [6.07, 6.45) is 0. The van der Waals surface area contributed by atoms with Crippen molar-refractivity contribution in [3.05, 3.63) is 5.21 Å². The maximum Gasteiger partial charge on any atom is 0.331 e. The summed E-state index contributed by atoms with van der Waals surface area (Å²) in [6.45, 7) is 4.59. The quantitative estimate of drug-likeness (QED) is 0.382. The van der Waals surface area contributed by atoms with Gasteiger partial charge in [-0.1, -0.05) is 0 Å². The largest absolute Gasteiger partial charge is 0.570 e. The number of ether oxygens (including phenoxy) is 1.